The van der Waals surface area contributed by atoms with Crippen molar-refractivity contribution in [3.05, 3.63) is 35.6 Å². The summed E-state index contributed by atoms with van der Waals surface area (Å²) in [6.45, 7) is 0.795. The van der Waals surface area contributed by atoms with Crippen LogP contribution in [0, 0.1) is 5.92 Å². The third-order valence-electron chi connectivity index (χ3n) is 2.44. The van der Waals surface area contributed by atoms with Crippen molar-refractivity contribution in [3.63, 3.8) is 0 Å². The topological polar surface area (TPSA) is 38.8 Å². The fourth-order valence-electron chi connectivity index (χ4n) is 1.61. The summed E-state index contributed by atoms with van der Waals surface area (Å²) in [7, 11) is 0. The molecule has 2 heterocycles. The van der Waals surface area contributed by atoms with Crippen molar-refractivity contribution in [2.75, 3.05) is 6.61 Å². The van der Waals surface area contributed by atoms with E-state index in [0.29, 0.717) is 0 Å². The van der Waals surface area contributed by atoms with Crippen molar-refractivity contribution < 1.29 is 14.3 Å². The molecule has 1 saturated heterocycles. The van der Waals surface area contributed by atoms with Gasteiger partial charge in [-0.3, -0.25) is 4.79 Å². The predicted octanol–water partition coefficient (Wildman–Crippen LogP) is 0.938. The number of ether oxygens (including phenoxy) is 2. The Morgan fingerprint density at radius 3 is 3.00 bits per heavy atom. The predicted molar refractivity (Wildman–Crippen MR) is 44.6 cm³/mol. The quantitative estimate of drug-likeness (QED) is 0.441. The number of hydrogen-bond acceptors (Lipinski definition) is 3. The van der Waals surface area contributed by atoms with Crippen LogP contribution < -0.4 is 0 Å². The van der Waals surface area contributed by atoms with Gasteiger partial charge in [-0.15, -0.1) is 0 Å². The number of allylic oxidation sites excluding steroid dienone is 1. The molecule has 0 radical (unpaired) electrons. The van der Waals surface area contributed by atoms with Crippen molar-refractivity contribution in [1.29, 1.82) is 0 Å². The summed E-state index contributed by atoms with van der Waals surface area (Å²) < 4.78 is 9.96. The smallest absolute Gasteiger partial charge is 0.322 e. The molecule has 0 amide bonds. The maximum atomic E-state index is 11.1. The maximum Gasteiger partial charge on any atom is 0.322 e. The van der Waals surface area contributed by atoms with Gasteiger partial charge in [-0.1, -0.05) is 12.2 Å². The lowest BCUT2D eigenvalue weighted by atomic mass is 9.92. The zero-order valence-electron chi connectivity index (χ0n) is 6.90. The van der Waals surface area contributed by atoms with Gasteiger partial charge in [0.1, 0.15) is 12.0 Å². The largest absolute Gasteiger partial charge is 0.433 e. The molecule has 1 fully saturated rings. The van der Waals surface area contributed by atoms with Crippen LogP contribution in [0.1, 0.15) is 0 Å². The van der Waals surface area contributed by atoms with Crippen molar-refractivity contribution in [3.8, 4) is 0 Å². The normalized spacial score (nSPS) is 34.9. The van der Waals surface area contributed by atoms with E-state index in [1.165, 1.54) is 6.26 Å². The summed E-state index contributed by atoms with van der Waals surface area (Å²) in [4.78, 5) is 11.1. The molecule has 3 aliphatic rings. The molecular weight excluding hydrogens is 168 g/mol. The van der Waals surface area contributed by atoms with Gasteiger partial charge in [0.25, 0.3) is 0 Å². The van der Waals surface area contributed by atoms with E-state index in [0.717, 1.165) is 17.8 Å². The Morgan fingerprint density at radius 2 is 2.23 bits per heavy atom. The Kier molecular flexibility index (Phi) is 1.27. The molecule has 0 bridgehead atoms. The first-order valence-corrected chi connectivity index (χ1v) is 4.26. The first-order valence-electron chi connectivity index (χ1n) is 4.26. The van der Waals surface area contributed by atoms with Crippen LogP contribution in [0.5, 0.6) is 0 Å². The molecule has 0 saturated carbocycles. The van der Waals surface area contributed by atoms with E-state index in [4.69, 9.17) is 9.47 Å². The molecule has 2 unspecified atom stereocenters. The van der Waals surface area contributed by atoms with Crippen LogP contribution in [0.15, 0.2) is 35.6 Å². The highest BCUT2D eigenvalue weighted by molar-refractivity contribution is 5.83. The summed E-state index contributed by atoms with van der Waals surface area (Å²) >= 11 is 0. The Hall–Kier alpha value is -1.35. The van der Waals surface area contributed by atoms with E-state index in [9.17, 15) is 4.79 Å². The highest BCUT2D eigenvalue weighted by Crippen LogP contribution is 2.32. The number of carbonyl (C=O) groups excluding carboxylic acids is 1. The fourth-order valence-corrected chi connectivity index (χ4v) is 1.61. The Balaban J connectivity index is 1.94. The number of rotatable bonds is 1. The van der Waals surface area contributed by atoms with Crippen LogP contribution in [-0.4, -0.2) is 18.7 Å². The average molecular weight is 176 g/mol. The van der Waals surface area contributed by atoms with Crippen LogP contribution in [-0.2, 0) is 14.3 Å². The number of esters is 1. The molecule has 2 atom stereocenters. The lowest BCUT2D eigenvalue weighted by Gasteiger charge is -2.09. The van der Waals surface area contributed by atoms with Crippen molar-refractivity contribution in [2.45, 2.75) is 6.10 Å². The van der Waals surface area contributed by atoms with Crippen molar-refractivity contribution in [2.24, 2.45) is 5.92 Å². The highest BCUT2D eigenvalue weighted by atomic mass is 16.6. The second-order valence-electron chi connectivity index (χ2n) is 3.36. The van der Waals surface area contributed by atoms with Gasteiger partial charge < -0.3 is 9.47 Å². The molecule has 2 aliphatic heterocycles. The Labute approximate surface area is 75.3 Å². The summed E-state index contributed by atoms with van der Waals surface area (Å²) in [6, 6.07) is 0. The summed E-state index contributed by atoms with van der Waals surface area (Å²) in [5, 5.41) is 0. The van der Waals surface area contributed by atoms with Gasteiger partial charge in [0, 0.05) is 5.57 Å². The van der Waals surface area contributed by atoms with E-state index < -0.39 is 0 Å². The first kappa shape index (κ1) is 7.09. The van der Waals surface area contributed by atoms with E-state index >= 15 is 0 Å². The molecule has 3 rings (SSSR count). The fraction of sp³-hybridized carbons (Fsp3) is 0.300. The summed E-state index contributed by atoms with van der Waals surface area (Å²) in [5.41, 5.74) is 2.08. The Bertz CT molecular complexity index is 358. The van der Waals surface area contributed by atoms with Crippen LogP contribution in [0.25, 0.3) is 0 Å². The van der Waals surface area contributed by atoms with Gasteiger partial charge in [0.05, 0.1) is 12.9 Å². The van der Waals surface area contributed by atoms with Crippen LogP contribution >= 0.6 is 0 Å². The standard InChI is InChI=1S/C10H8O3/c11-10-8-2-1-6(9-5-12-9)3-7(8)4-13-10/h1-4,8-9H,5H2. The van der Waals surface area contributed by atoms with Crippen LogP contribution in [0.4, 0.5) is 0 Å². The summed E-state index contributed by atoms with van der Waals surface area (Å²) in [5.74, 6) is -0.360. The third-order valence-corrected chi connectivity index (χ3v) is 2.44. The minimum Gasteiger partial charge on any atom is -0.433 e. The second kappa shape index (κ2) is 2.33. The number of carbonyl (C=O) groups is 1. The maximum absolute atomic E-state index is 11.1. The zero-order valence-corrected chi connectivity index (χ0v) is 6.90. The van der Waals surface area contributed by atoms with Gasteiger partial charge in [-0.2, -0.15) is 0 Å². The summed E-state index contributed by atoms with van der Waals surface area (Å²) in [6.07, 6.45) is 7.57. The molecule has 0 aromatic rings. The van der Waals surface area contributed by atoms with Gasteiger partial charge >= 0.3 is 5.97 Å². The van der Waals surface area contributed by atoms with Gasteiger partial charge in [0.2, 0.25) is 0 Å². The monoisotopic (exact) mass is 176 g/mol. The molecule has 0 aromatic carbocycles. The first-order chi connectivity index (χ1) is 6.34. The molecule has 0 N–H and O–H groups in total. The van der Waals surface area contributed by atoms with Gasteiger partial charge in [0.15, 0.2) is 0 Å². The highest BCUT2D eigenvalue weighted by Gasteiger charge is 2.33. The average Bonchev–Trinajstić information content (AvgIpc) is 2.93. The van der Waals surface area contributed by atoms with Crippen molar-refractivity contribution in [1.82, 2.24) is 0 Å². The SMILES string of the molecule is O=C1OC=C2C=C(C3CO3)C=CC12. The minimum atomic E-state index is -0.182. The second-order valence-corrected chi connectivity index (χ2v) is 3.36. The molecule has 13 heavy (non-hydrogen) atoms. The van der Waals surface area contributed by atoms with E-state index in [-0.39, 0.29) is 18.0 Å². The van der Waals surface area contributed by atoms with E-state index in [2.05, 4.69) is 0 Å². The van der Waals surface area contributed by atoms with Gasteiger partial charge in [-0.25, -0.2) is 0 Å². The Morgan fingerprint density at radius 1 is 1.38 bits per heavy atom. The van der Waals surface area contributed by atoms with Crippen LogP contribution in [0.3, 0.4) is 0 Å². The minimum absolute atomic E-state index is 0.178. The lowest BCUT2D eigenvalue weighted by Crippen LogP contribution is -2.11. The van der Waals surface area contributed by atoms with Gasteiger partial charge in [-0.05, 0) is 11.6 Å². The number of cyclic esters (lactones) is 1. The molecule has 3 nitrogen and oxygen atoms in total. The molecule has 66 valence electrons. The third kappa shape index (κ3) is 1.04. The molecular formula is C10H8O3. The zero-order chi connectivity index (χ0) is 8.84. The number of hydrogen-bond donors (Lipinski definition) is 0. The molecule has 0 spiro atoms. The van der Waals surface area contributed by atoms with Crippen LogP contribution in [0.2, 0.25) is 0 Å². The molecule has 0 aromatic heterocycles. The van der Waals surface area contributed by atoms with E-state index in [1.54, 1.807) is 0 Å². The van der Waals surface area contributed by atoms with E-state index in [1.807, 2.05) is 18.2 Å². The lowest BCUT2D eigenvalue weighted by molar-refractivity contribution is -0.137. The number of fused-ring (bicyclic) bond motifs is 1. The molecule has 3 heteroatoms. The molecule has 1 aliphatic carbocycles. The number of epoxide rings is 1. The van der Waals surface area contributed by atoms with Crippen molar-refractivity contribution >= 4 is 5.97 Å².